The Morgan fingerprint density at radius 2 is 0.703 bits per heavy atom. The predicted octanol–water partition coefficient (Wildman–Crippen LogP) is 18.1. The van der Waals surface area contributed by atoms with Crippen LogP contribution in [-0.2, 0) is 60.8 Å². The van der Waals surface area contributed by atoms with Crippen molar-refractivity contribution in [1.29, 1.82) is 0 Å². The number of Topliss-reactive ketones (excluding diaryl/α,β-unsaturated/α-hetero) is 10. The molecular formula is C108H186N10O10. The topological polar surface area (TPSA) is 282 Å². The van der Waals surface area contributed by atoms with Gasteiger partial charge in [-0.2, -0.15) is 0 Å². The summed E-state index contributed by atoms with van der Waals surface area (Å²) in [5.41, 5.74) is 5.16. The van der Waals surface area contributed by atoms with E-state index < -0.39 is 0 Å². The molecular weight excluding hydrogens is 1600 g/mol. The van der Waals surface area contributed by atoms with Crippen molar-refractivity contribution in [2.24, 2.45) is 58.2 Å². The van der Waals surface area contributed by atoms with E-state index >= 15 is 0 Å². The standard InChI is InChI=1S/C17H19NO.C14H23NO.C12H17NO.C12H23NO.C11H21NO.C10H19NO.2C9H17NO.C8H17NO.C6H13NO/c1-13(19)17(18-2)12-14-8-10-16(11-9-14)15-6-4-3-5-7-15;1-9(16)13(15-2)14-6-10-3-11(7-14)5-12(4-10)8-14;1-10(14)12(13(2)3)9-11-7-5-4-6-8-11;1-10(14)12(13-2)9-8-11-6-4-3-5-7-11;1-9(13)11(12-2)8-10-6-4-3-5-7-10;1-8(12)10(11-2)9-6-4-3-5-7-9;1-7(11)9(10-2)6-8-4-3-5-8;1-7(11)9(10-2)8-5-3-4-6-8;1-6(10)7(9-5)8(2,3)4;1-4-6(7-3)5(2)8/h3-11,17-18H,12H2,1-2H3;10-13,15H,3-8H2,1-2H3;4-8,12H,9H2,1-3H3;11-13H,3-9H2,1-2H3;10-12H,3-8H2,1-2H3;9-11H,3-7H2,1-2H3;2*8-10H,3-6H2,1-2H3;7,9H,1-5H3;6-7H,4H2,1-3H3/t17-;10?,11?,12?,13-,14?;2*12-;11-;10-;2*9-;7-;6-/m0100010110/s1. The fourth-order valence-corrected chi connectivity index (χ4v) is 21.6. The minimum absolute atomic E-state index is 0.00241. The van der Waals surface area contributed by atoms with Gasteiger partial charge in [-0.15, -0.1) is 0 Å². The van der Waals surface area contributed by atoms with Gasteiger partial charge in [-0.3, -0.25) is 52.8 Å². The molecule has 20 heteroatoms. The number of hydrogen-bond acceptors (Lipinski definition) is 20. The molecule has 0 amide bonds. The van der Waals surface area contributed by atoms with Gasteiger partial charge < -0.3 is 47.9 Å². The van der Waals surface area contributed by atoms with Crippen LogP contribution in [0.2, 0.25) is 0 Å². The fourth-order valence-electron chi connectivity index (χ4n) is 21.6. The first-order chi connectivity index (χ1) is 60.8. The van der Waals surface area contributed by atoms with Gasteiger partial charge >= 0.3 is 0 Å². The maximum atomic E-state index is 11.8. The molecule has 9 saturated carbocycles. The average Bonchev–Trinajstić information content (AvgIpc) is 0.941. The predicted molar refractivity (Wildman–Crippen MR) is 533 cm³/mol. The lowest BCUT2D eigenvalue weighted by Gasteiger charge is -2.59. The number of hydrogen-bond donors (Lipinski definition) is 9. The van der Waals surface area contributed by atoms with Crippen molar-refractivity contribution < 1.29 is 47.9 Å². The summed E-state index contributed by atoms with van der Waals surface area (Å²) in [7, 11) is 20.7. The molecule has 9 N–H and O–H groups in total. The summed E-state index contributed by atoms with van der Waals surface area (Å²) < 4.78 is 0. The highest BCUT2D eigenvalue weighted by Crippen LogP contribution is 2.61. The molecule has 0 unspecified atom stereocenters. The van der Waals surface area contributed by atoms with Crippen LogP contribution in [0.5, 0.6) is 0 Å². The fraction of sp³-hybridized carbons (Fsp3) is 0.741. The van der Waals surface area contributed by atoms with E-state index in [1.54, 1.807) is 76.3 Å². The Labute approximate surface area is 779 Å². The average molecular weight is 1780 g/mol. The molecule has 0 aliphatic heterocycles. The van der Waals surface area contributed by atoms with Crippen LogP contribution in [0.25, 0.3) is 11.1 Å². The first-order valence-electron chi connectivity index (χ1n) is 49.7. The lowest BCUT2D eigenvalue weighted by atomic mass is 9.47. The van der Waals surface area contributed by atoms with E-state index in [9.17, 15) is 47.9 Å². The molecule has 0 spiro atoms. The molecule has 128 heavy (non-hydrogen) atoms. The lowest BCUT2D eigenvalue weighted by Crippen LogP contribution is -2.57. The monoisotopic (exact) mass is 1780 g/mol. The molecule has 10 atom stereocenters. The summed E-state index contributed by atoms with van der Waals surface area (Å²) in [5, 5.41) is 27.7. The van der Waals surface area contributed by atoms with Crippen LogP contribution >= 0.6 is 0 Å². The summed E-state index contributed by atoms with van der Waals surface area (Å²) in [6.07, 6.45) is 44.3. The number of nitrogens with one attached hydrogen (secondary N) is 9. The van der Waals surface area contributed by atoms with Crippen molar-refractivity contribution in [3.63, 3.8) is 0 Å². The molecule has 9 fully saturated rings. The van der Waals surface area contributed by atoms with Crippen LogP contribution < -0.4 is 47.9 Å². The second-order valence-corrected chi connectivity index (χ2v) is 40.1. The molecule has 3 aromatic carbocycles. The SMILES string of the molecule is CC(=O)[C@H](Cc1ccccc1)N(C)C.CC[C@H](NC)C(C)=O.CN[C@@H](CC1CCC1)C(C)=O.CN[C@@H](CC1CCCCC1)C(C)=O.CN[C@@H](CCC1CCCCC1)C(C)=O.CN[C@@H](Cc1ccc(-c2ccccc2)cc1)C(C)=O.CN[C@H](C(C)=O)C(C)(C)C.CN[C@H](C(C)=O)C12CC3CC(CC(C3)C1)C2.CN[C@H](C(C)=O)C1CCCC1.CN[C@H](C(C)=O)C1CCCCC1. The van der Waals surface area contributed by atoms with Crippen molar-refractivity contribution >= 4 is 57.8 Å². The molecule has 0 aromatic heterocycles. The van der Waals surface area contributed by atoms with E-state index in [0.717, 1.165) is 74.0 Å². The van der Waals surface area contributed by atoms with E-state index in [1.165, 1.54) is 208 Å². The van der Waals surface area contributed by atoms with Crippen molar-refractivity contribution in [2.75, 3.05) is 77.5 Å². The summed E-state index contributed by atoms with van der Waals surface area (Å²) >= 11 is 0. The quantitative estimate of drug-likeness (QED) is 0.0262. The Morgan fingerprint density at radius 3 is 0.984 bits per heavy atom. The number of carbonyl (C=O) groups is 10. The van der Waals surface area contributed by atoms with Crippen LogP contribution in [-0.4, -0.2) is 201 Å². The van der Waals surface area contributed by atoms with E-state index in [2.05, 4.69) is 117 Å². The highest BCUT2D eigenvalue weighted by Gasteiger charge is 2.55. The zero-order valence-electron chi connectivity index (χ0n) is 85.3. The van der Waals surface area contributed by atoms with Gasteiger partial charge in [-0.1, -0.05) is 228 Å². The Bertz CT molecular complexity index is 3540. The number of benzene rings is 3. The first-order valence-corrected chi connectivity index (χ1v) is 49.7. The molecule has 9 aliphatic carbocycles. The van der Waals surface area contributed by atoms with E-state index in [4.69, 9.17) is 0 Å². The smallest absolute Gasteiger partial charge is 0.147 e. The maximum absolute atomic E-state index is 11.8. The minimum Gasteiger partial charge on any atom is -0.311 e. The third kappa shape index (κ3) is 45.6. The molecule has 12 rings (SSSR count). The number of nitrogens with zero attached hydrogens (tertiary/aromatic N) is 1. The normalized spacial score (nSPS) is 21.3. The second kappa shape index (κ2) is 65.5. The Balaban J connectivity index is 0.000000485. The van der Waals surface area contributed by atoms with Crippen LogP contribution in [0.4, 0.5) is 0 Å². The summed E-state index contributed by atoms with van der Waals surface area (Å²) in [6.45, 7) is 24.8. The van der Waals surface area contributed by atoms with Crippen LogP contribution in [0.1, 0.15) is 320 Å². The number of rotatable bonds is 36. The van der Waals surface area contributed by atoms with Gasteiger partial charge in [-0.25, -0.2) is 0 Å². The van der Waals surface area contributed by atoms with Crippen molar-refractivity contribution in [3.8, 4) is 11.1 Å². The number of likely N-dealkylation sites (N-methyl/N-ethyl adjacent to an activating group) is 10. The Kier molecular flexibility index (Phi) is 60.4. The van der Waals surface area contributed by atoms with E-state index in [-0.39, 0.29) is 106 Å². The molecule has 0 radical (unpaired) electrons. The molecule has 4 bridgehead atoms. The molecule has 3 aromatic rings. The highest BCUT2D eigenvalue weighted by molar-refractivity contribution is 5.85. The molecule has 0 heterocycles. The summed E-state index contributed by atoms with van der Waals surface area (Å²) in [4.78, 5) is 114. The zero-order chi connectivity index (χ0) is 96.1. The summed E-state index contributed by atoms with van der Waals surface area (Å²) in [5.74, 6) is 9.09. The van der Waals surface area contributed by atoms with Crippen LogP contribution in [0.15, 0.2) is 84.9 Å². The maximum Gasteiger partial charge on any atom is 0.147 e. The van der Waals surface area contributed by atoms with E-state index in [1.807, 2.05) is 119 Å². The Morgan fingerprint density at radius 1 is 0.352 bits per heavy atom. The third-order valence-corrected chi connectivity index (χ3v) is 28.6. The van der Waals surface area contributed by atoms with Gasteiger partial charge in [0, 0.05) is 0 Å². The van der Waals surface area contributed by atoms with Gasteiger partial charge in [0.1, 0.15) is 57.8 Å². The number of carbonyl (C=O) groups excluding carboxylic acids is 10. The van der Waals surface area contributed by atoms with Crippen molar-refractivity contribution in [1.82, 2.24) is 52.8 Å². The molecule has 728 valence electrons. The minimum atomic E-state index is -0.0948. The lowest BCUT2D eigenvalue weighted by molar-refractivity contribution is -0.131. The van der Waals surface area contributed by atoms with Crippen molar-refractivity contribution in [3.05, 3.63) is 96.1 Å². The van der Waals surface area contributed by atoms with Gasteiger partial charge in [0.05, 0.1) is 60.4 Å². The summed E-state index contributed by atoms with van der Waals surface area (Å²) in [6, 6.07) is 29.4. The van der Waals surface area contributed by atoms with Crippen molar-refractivity contribution in [2.45, 2.75) is 382 Å². The zero-order valence-corrected chi connectivity index (χ0v) is 85.3. The van der Waals surface area contributed by atoms with Gasteiger partial charge in [0.15, 0.2) is 0 Å². The second-order valence-electron chi connectivity index (χ2n) is 40.1. The molecule has 0 saturated heterocycles. The van der Waals surface area contributed by atoms with E-state index in [0.29, 0.717) is 34.6 Å². The van der Waals surface area contributed by atoms with Crippen LogP contribution in [0.3, 0.4) is 0 Å². The third-order valence-electron chi connectivity index (χ3n) is 28.6. The number of ketones is 10. The largest absolute Gasteiger partial charge is 0.311 e. The van der Waals surface area contributed by atoms with Crippen LogP contribution in [0, 0.1) is 58.2 Å². The highest BCUT2D eigenvalue weighted by atomic mass is 16.2. The molecule has 9 aliphatic rings. The first kappa shape index (κ1) is 118. The van der Waals surface area contributed by atoms with Gasteiger partial charge in [0.2, 0.25) is 0 Å². The van der Waals surface area contributed by atoms with Gasteiger partial charge in [-0.05, 0) is 336 Å². The van der Waals surface area contributed by atoms with Gasteiger partial charge in [0.25, 0.3) is 0 Å². The Hall–Kier alpha value is -6.04. The molecule has 20 nitrogen and oxygen atoms in total.